The molecule has 5 N–H and O–H groups in total. The Hall–Kier alpha value is -2.73. The Morgan fingerprint density at radius 3 is 1.69 bits per heavy atom. The van der Waals surface area contributed by atoms with Gasteiger partial charge in [0.15, 0.2) is 0 Å². The third kappa shape index (κ3) is 15.1. The first-order valence-corrected chi connectivity index (χ1v) is 11.5. The molecule has 0 aliphatic heterocycles. The summed E-state index contributed by atoms with van der Waals surface area (Å²) in [6.45, 7) is 0. The Morgan fingerprint density at radius 1 is 0.938 bits per heavy atom. The van der Waals surface area contributed by atoms with Crippen molar-refractivity contribution in [1.29, 1.82) is 0 Å². The molecule has 0 aliphatic rings. The molecule has 2 aromatic carbocycles. The summed E-state index contributed by atoms with van der Waals surface area (Å²) in [5.41, 5.74) is 7.14. The van der Waals surface area contributed by atoms with Gasteiger partial charge in [0, 0.05) is 37.7 Å². The van der Waals surface area contributed by atoms with Crippen LogP contribution in [0.3, 0.4) is 0 Å². The van der Waals surface area contributed by atoms with Crippen molar-refractivity contribution >= 4 is 49.3 Å². The lowest BCUT2D eigenvalue weighted by molar-refractivity contribution is -0.139. The maximum Gasteiger partial charge on any atom is 0.407 e. The summed E-state index contributed by atoms with van der Waals surface area (Å²) in [7, 11) is 2.11. The SMILES string of the molecule is C.COC(=O)N[C@H](Cc1ccccc1)C(=O)O.N[C@H](Cc1ccccc1)C(=O)O.S=S=S. The first-order valence-electron chi connectivity index (χ1n) is 8.80. The number of alkyl carbamates (subject to hydrolysis) is 1. The molecule has 0 heterocycles. The minimum Gasteiger partial charge on any atom is -0.480 e. The highest BCUT2D eigenvalue weighted by Crippen LogP contribution is 2.04. The fourth-order valence-corrected chi connectivity index (χ4v) is 2.21. The van der Waals surface area contributed by atoms with Crippen molar-refractivity contribution < 1.29 is 29.3 Å². The van der Waals surface area contributed by atoms with Crippen LogP contribution in [0.25, 0.3) is 0 Å². The number of aliphatic carboxylic acids is 2. The Bertz CT molecular complexity index is 847. The highest BCUT2D eigenvalue weighted by Gasteiger charge is 2.20. The molecule has 0 fully saturated rings. The standard InChI is InChI=1S/C11H13NO4.C9H11NO2.CH4.S3/c1-16-11(15)12-9(10(13)14)7-8-5-3-2-4-6-8;10-8(9(11)12)6-7-4-2-1-3-5-7;;1-3-2/h2-6,9H,7H2,1H3,(H,12,15)(H,13,14);1-5,8H,6,10H2,(H,11,12);1H4;/t9-;8-;;/m11../s1. The van der Waals surface area contributed by atoms with E-state index in [0.717, 1.165) is 20.0 Å². The van der Waals surface area contributed by atoms with E-state index in [1.807, 2.05) is 48.5 Å². The van der Waals surface area contributed by atoms with Gasteiger partial charge in [-0.15, -0.1) is 0 Å². The molecule has 0 bridgehead atoms. The lowest BCUT2D eigenvalue weighted by atomic mass is 10.1. The van der Waals surface area contributed by atoms with Crippen molar-refractivity contribution in [3.63, 3.8) is 0 Å². The van der Waals surface area contributed by atoms with E-state index in [1.54, 1.807) is 12.1 Å². The van der Waals surface area contributed by atoms with Crippen molar-refractivity contribution in [2.75, 3.05) is 7.11 Å². The molecular weight excluding hydrogens is 472 g/mol. The fourth-order valence-electron chi connectivity index (χ4n) is 2.21. The second kappa shape index (κ2) is 19.0. The number of methoxy groups -OCH3 is 1. The summed E-state index contributed by atoms with van der Waals surface area (Å²) in [5.74, 6) is -2.05. The van der Waals surface area contributed by atoms with E-state index in [9.17, 15) is 14.4 Å². The zero-order chi connectivity index (χ0) is 23.6. The number of hydrogen-bond donors (Lipinski definition) is 4. The average molecular weight is 501 g/mol. The van der Waals surface area contributed by atoms with Crippen LogP contribution in [0.5, 0.6) is 0 Å². The van der Waals surface area contributed by atoms with E-state index < -0.39 is 30.1 Å². The Kier molecular flexibility index (Phi) is 18.7. The van der Waals surface area contributed by atoms with Gasteiger partial charge in [-0.05, 0) is 17.5 Å². The van der Waals surface area contributed by atoms with Crippen molar-refractivity contribution in [3.8, 4) is 0 Å². The van der Waals surface area contributed by atoms with Crippen molar-refractivity contribution in [2.45, 2.75) is 32.4 Å². The summed E-state index contributed by atoms with van der Waals surface area (Å²) in [6, 6.07) is 16.6. The van der Waals surface area contributed by atoms with E-state index in [2.05, 4.69) is 32.4 Å². The summed E-state index contributed by atoms with van der Waals surface area (Å²) in [5, 5.41) is 19.7. The second-order valence-electron chi connectivity index (χ2n) is 5.92. The summed E-state index contributed by atoms with van der Waals surface area (Å²) in [6.07, 6.45) is -0.134. The van der Waals surface area contributed by atoms with Gasteiger partial charge in [-0.3, -0.25) is 4.79 Å². The minimum absolute atomic E-state index is 0. The van der Waals surface area contributed by atoms with Gasteiger partial charge >= 0.3 is 18.0 Å². The molecule has 0 aliphatic carbocycles. The molecule has 2 atom stereocenters. The summed E-state index contributed by atoms with van der Waals surface area (Å²) >= 11 is 8.25. The van der Waals surface area contributed by atoms with Crippen molar-refractivity contribution in [3.05, 3.63) is 71.8 Å². The van der Waals surface area contributed by atoms with E-state index in [1.165, 1.54) is 7.11 Å². The van der Waals surface area contributed by atoms with E-state index in [-0.39, 0.29) is 13.8 Å². The Labute approximate surface area is 200 Å². The molecule has 0 unspecified atom stereocenters. The number of rotatable bonds is 7. The number of hydrogen-bond acceptors (Lipinski definition) is 7. The topological polar surface area (TPSA) is 139 Å². The Morgan fingerprint density at radius 2 is 1.34 bits per heavy atom. The van der Waals surface area contributed by atoms with Gasteiger partial charge in [0.2, 0.25) is 0 Å². The molecule has 0 saturated carbocycles. The normalized spacial score (nSPS) is 10.8. The van der Waals surface area contributed by atoms with E-state index in [0.29, 0.717) is 6.42 Å². The first-order chi connectivity index (χ1) is 14.7. The first kappa shape index (κ1) is 31.5. The minimum atomic E-state index is -1.09. The summed E-state index contributed by atoms with van der Waals surface area (Å²) in [4.78, 5) is 32.2. The predicted octanol–water partition coefficient (Wildman–Crippen LogP) is 2.31. The van der Waals surface area contributed by atoms with Gasteiger partial charge in [-0.2, -0.15) is 0 Å². The summed E-state index contributed by atoms with van der Waals surface area (Å²) < 4.78 is 4.36. The van der Waals surface area contributed by atoms with Gasteiger partial charge in [-0.1, -0.05) is 68.1 Å². The van der Waals surface area contributed by atoms with Crippen LogP contribution in [-0.2, 0) is 58.4 Å². The number of carbonyl (C=O) groups is 3. The number of nitrogens with one attached hydrogen (secondary N) is 1. The van der Waals surface area contributed by atoms with Crippen LogP contribution in [0.1, 0.15) is 18.6 Å². The lowest BCUT2D eigenvalue weighted by Crippen LogP contribution is -2.42. The molecule has 0 aromatic heterocycles. The number of amides is 1. The maximum atomic E-state index is 10.9. The third-order valence-corrected chi connectivity index (χ3v) is 3.67. The number of ether oxygens (including phenoxy) is 1. The molecule has 176 valence electrons. The van der Waals surface area contributed by atoms with Crippen LogP contribution in [0.2, 0.25) is 0 Å². The van der Waals surface area contributed by atoms with Crippen LogP contribution < -0.4 is 11.1 Å². The number of carboxylic acids is 2. The van der Waals surface area contributed by atoms with Crippen LogP contribution in [0.15, 0.2) is 60.7 Å². The molecule has 2 aromatic rings. The van der Waals surface area contributed by atoms with Crippen LogP contribution in [0.4, 0.5) is 4.79 Å². The van der Waals surface area contributed by atoms with Gasteiger partial charge in [0.25, 0.3) is 0 Å². The Balaban J connectivity index is 0. The number of carboxylic acid groups (broad SMARTS) is 2. The van der Waals surface area contributed by atoms with Crippen LogP contribution in [-0.4, -0.2) is 47.4 Å². The third-order valence-electron chi connectivity index (χ3n) is 3.67. The van der Waals surface area contributed by atoms with E-state index in [4.69, 9.17) is 15.9 Å². The van der Waals surface area contributed by atoms with Gasteiger partial charge in [0.05, 0.1) is 7.11 Å². The van der Waals surface area contributed by atoms with Crippen LogP contribution in [0, 0.1) is 0 Å². The van der Waals surface area contributed by atoms with Crippen LogP contribution >= 0.6 is 0 Å². The largest absolute Gasteiger partial charge is 0.480 e. The molecule has 0 spiro atoms. The van der Waals surface area contributed by atoms with Crippen molar-refractivity contribution in [2.24, 2.45) is 5.73 Å². The van der Waals surface area contributed by atoms with Gasteiger partial charge < -0.3 is 26.0 Å². The molecule has 0 radical (unpaired) electrons. The molecule has 2 rings (SSSR count). The highest BCUT2D eigenvalue weighted by atomic mass is 33.1. The number of benzene rings is 2. The monoisotopic (exact) mass is 500 g/mol. The quantitative estimate of drug-likeness (QED) is 0.451. The smallest absolute Gasteiger partial charge is 0.407 e. The highest BCUT2D eigenvalue weighted by molar-refractivity contribution is 8.37. The lowest BCUT2D eigenvalue weighted by Gasteiger charge is -2.13. The molecule has 1 amide bonds. The fraction of sp³-hybridized carbons (Fsp3) is 0.286. The van der Waals surface area contributed by atoms with E-state index >= 15 is 0 Å². The van der Waals surface area contributed by atoms with Crippen molar-refractivity contribution in [1.82, 2.24) is 5.32 Å². The second-order valence-corrected chi connectivity index (χ2v) is 7.69. The molecule has 11 heteroatoms. The number of carbonyl (C=O) groups excluding carboxylic acids is 1. The molecule has 32 heavy (non-hydrogen) atoms. The number of nitrogens with two attached hydrogens (primary N) is 1. The molecule has 8 nitrogen and oxygen atoms in total. The molecular formula is C21H28N2O6S3. The zero-order valence-electron chi connectivity index (χ0n) is 16.7. The predicted molar refractivity (Wildman–Crippen MR) is 132 cm³/mol. The van der Waals surface area contributed by atoms with Gasteiger partial charge in [-0.25, -0.2) is 9.59 Å². The van der Waals surface area contributed by atoms with Gasteiger partial charge in [0.1, 0.15) is 12.1 Å². The average Bonchev–Trinajstić information content (AvgIpc) is 2.75. The zero-order valence-corrected chi connectivity index (χ0v) is 19.1. The molecule has 0 saturated heterocycles. The maximum absolute atomic E-state index is 10.9.